The van der Waals surface area contributed by atoms with Crippen molar-refractivity contribution in [1.82, 2.24) is 16.0 Å². The Balaban J connectivity index is 1.97. The summed E-state index contributed by atoms with van der Waals surface area (Å²) >= 11 is 0. The van der Waals surface area contributed by atoms with Gasteiger partial charge < -0.3 is 25.4 Å². The third-order valence-electron chi connectivity index (χ3n) is 6.47. The second kappa shape index (κ2) is 10.2. The van der Waals surface area contributed by atoms with Crippen molar-refractivity contribution in [3.63, 3.8) is 0 Å². The minimum Gasteiger partial charge on any atom is -0.444 e. The fourth-order valence-electron chi connectivity index (χ4n) is 4.53. The zero-order valence-corrected chi connectivity index (χ0v) is 20.1. The number of carbonyl (C=O) groups is 3. The summed E-state index contributed by atoms with van der Waals surface area (Å²) in [6.07, 6.45) is 5.34. The smallest absolute Gasteiger partial charge is 0.408 e. The molecule has 8 nitrogen and oxygen atoms in total. The number of amides is 3. The lowest BCUT2D eigenvalue weighted by molar-refractivity contribution is -0.178. The van der Waals surface area contributed by atoms with Crippen molar-refractivity contribution in [1.29, 1.82) is 0 Å². The predicted molar refractivity (Wildman–Crippen MR) is 119 cm³/mol. The molecule has 3 amide bonds. The summed E-state index contributed by atoms with van der Waals surface area (Å²) < 4.78 is 11.2. The molecule has 2 atom stereocenters. The molecule has 0 spiro atoms. The Morgan fingerprint density at radius 2 is 1.71 bits per heavy atom. The Bertz CT molecular complexity index is 652. The normalized spacial score (nSPS) is 25.8. The Morgan fingerprint density at radius 3 is 2.26 bits per heavy atom. The van der Waals surface area contributed by atoms with E-state index < -0.39 is 22.6 Å². The van der Waals surface area contributed by atoms with Gasteiger partial charge in [-0.3, -0.25) is 9.59 Å². The zero-order valence-electron chi connectivity index (χ0n) is 20.1. The van der Waals surface area contributed by atoms with Gasteiger partial charge in [-0.15, -0.1) is 0 Å². The molecule has 2 rings (SSSR count). The molecule has 8 heteroatoms. The van der Waals surface area contributed by atoms with Crippen molar-refractivity contribution in [2.45, 2.75) is 110 Å². The number of hydrogen-bond acceptors (Lipinski definition) is 5. The zero-order chi connectivity index (χ0) is 23.3. The van der Waals surface area contributed by atoms with Gasteiger partial charge in [-0.25, -0.2) is 4.79 Å². The van der Waals surface area contributed by atoms with Gasteiger partial charge in [0.25, 0.3) is 0 Å². The summed E-state index contributed by atoms with van der Waals surface area (Å²) in [7, 11) is 0. The highest BCUT2D eigenvalue weighted by atomic mass is 16.6. The molecule has 178 valence electrons. The summed E-state index contributed by atoms with van der Waals surface area (Å²) in [5.41, 5.74) is -2.46. The molecule has 2 aliphatic rings. The second-order valence-electron chi connectivity index (χ2n) is 10.3. The number of nitrogens with one attached hydrogen (secondary N) is 3. The molecule has 0 unspecified atom stereocenters. The summed E-state index contributed by atoms with van der Waals surface area (Å²) in [6, 6.07) is 0.245. The van der Waals surface area contributed by atoms with Gasteiger partial charge >= 0.3 is 6.09 Å². The monoisotopic (exact) mass is 439 g/mol. The topological polar surface area (TPSA) is 106 Å². The number of rotatable bonds is 8. The molecule has 0 aromatic rings. The van der Waals surface area contributed by atoms with Gasteiger partial charge in [-0.2, -0.15) is 0 Å². The molecule has 2 fully saturated rings. The van der Waals surface area contributed by atoms with Crippen molar-refractivity contribution in [2.75, 3.05) is 13.2 Å². The summed E-state index contributed by atoms with van der Waals surface area (Å²) in [5, 5.41) is 8.73. The first kappa shape index (κ1) is 25.4. The predicted octanol–water partition coefficient (Wildman–Crippen LogP) is 3.04. The maximum absolute atomic E-state index is 13.2. The fourth-order valence-corrected chi connectivity index (χ4v) is 4.53. The van der Waals surface area contributed by atoms with E-state index in [1.165, 1.54) is 6.42 Å². The lowest BCUT2D eigenvalue weighted by atomic mass is 9.53. The molecule has 2 aliphatic carbocycles. The molecule has 31 heavy (non-hydrogen) atoms. The average molecular weight is 440 g/mol. The third kappa shape index (κ3) is 6.34. The molecular weight excluding hydrogens is 398 g/mol. The standard InChI is InChI=1S/C23H41N3O5/c1-7-30-17-15-23(22(17,5)6,26-20(29)31-21(2,3)4)19(28)24-14-13-18(27)25-16-11-9-8-10-12-16/h16-17H,7-15H2,1-6H3,(H,24,28)(H,25,27)(H,26,29)/t17-,23+/m0/s1. The molecule has 0 aliphatic heterocycles. The van der Waals surface area contributed by atoms with Gasteiger partial charge in [0.2, 0.25) is 11.8 Å². The van der Waals surface area contributed by atoms with Gasteiger partial charge in [0.05, 0.1) is 6.10 Å². The maximum Gasteiger partial charge on any atom is 0.408 e. The van der Waals surface area contributed by atoms with E-state index in [2.05, 4.69) is 16.0 Å². The van der Waals surface area contributed by atoms with Crippen LogP contribution in [-0.4, -0.2) is 54.3 Å². The molecule has 0 aromatic carbocycles. The maximum atomic E-state index is 13.2. The van der Waals surface area contributed by atoms with Gasteiger partial charge in [0.1, 0.15) is 11.1 Å². The Hall–Kier alpha value is -1.83. The third-order valence-corrected chi connectivity index (χ3v) is 6.47. The van der Waals surface area contributed by atoms with Crippen LogP contribution in [0.4, 0.5) is 4.79 Å². The van der Waals surface area contributed by atoms with Crippen LogP contribution in [0.15, 0.2) is 0 Å². The van der Waals surface area contributed by atoms with E-state index in [4.69, 9.17) is 9.47 Å². The van der Waals surface area contributed by atoms with Gasteiger partial charge in [-0.05, 0) is 40.5 Å². The van der Waals surface area contributed by atoms with Crippen LogP contribution in [-0.2, 0) is 19.1 Å². The number of hydrogen-bond donors (Lipinski definition) is 3. The summed E-state index contributed by atoms with van der Waals surface area (Å²) in [4.78, 5) is 38.0. The first-order valence-electron chi connectivity index (χ1n) is 11.6. The second-order valence-corrected chi connectivity index (χ2v) is 10.3. The van der Waals surface area contributed by atoms with Gasteiger partial charge in [0.15, 0.2) is 0 Å². The van der Waals surface area contributed by atoms with Crippen LogP contribution in [0.2, 0.25) is 0 Å². The highest BCUT2D eigenvalue weighted by Gasteiger charge is 2.66. The van der Waals surface area contributed by atoms with Crippen molar-refractivity contribution in [2.24, 2.45) is 5.41 Å². The molecule has 2 saturated carbocycles. The lowest BCUT2D eigenvalue weighted by Crippen LogP contribution is -2.78. The highest BCUT2D eigenvalue weighted by Crippen LogP contribution is 2.51. The van der Waals surface area contributed by atoms with E-state index in [0.29, 0.717) is 13.0 Å². The Labute approximate surface area is 186 Å². The molecule has 0 radical (unpaired) electrons. The van der Waals surface area contributed by atoms with Crippen LogP contribution in [0.5, 0.6) is 0 Å². The van der Waals surface area contributed by atoms with E-state index in [1.54, 1.807) is 20.8 Å². The van der Waals surface area contributed by atoms with Gasteiger partial charge in [-0.1, -0.05) is 33.1 Å². The van der Waals surface area contributed by atoms with Crippen LogP contribution in [0.25, 0.3) is 0 Å². The van der Waals surface area contributed by atoms with Crippen LogP contribution in [0, 0.1) is 5.41 Å². The molecule has 0 bridgehead atoms. The molecule has 3 N–H and O–H groups in total. The molecule has 0 heterocycles. The minimum absolute atomic E-state index is 0.0542. The van der Waals surface area contributed by atoms with E-state index in [9.17, 15) is 14.4 Å². The SMILES string of the molecule is CCO[C@H]1C[C@@](NC(=O)OC(C)(C)C)(C(=O)NCCC(=O)NC2CCCCC2)C1(C)C. The molecule has 0 aromatic heterocycles. The van der Waals surface area contributed by atoms with E-state index in [-0.39, 0.29) is 36.9 Å². The van der Waals surface area contributed by atoms with E-state index >= 15 is 0 Å². The van der Waals surface area contributed by atoms with Crippen LogP contribution in [0.3, 0.4) is 0 Å². The molecular formula is C23H41N3O5. The number of alkyl carbamates (subject to hydrolysis) is 1. The van der Waals surface area contributed by atoms with Crippen molar-refractivity contribution in [3.05, 3.63) is 0 Å². The van der Waals surface area contributed by atoms with Crippen molar-refractivity contribution in [3.8, 4) is 0 Å². The Kier molecular flexibility index (Phi) is 8.36. The quantitative estimate of drug-likeness (QED) is 0.539. The highest BCUT2D eigenvalue weighted by molar-refractivity contribution is 5.93. The average Bonchev–Trinajstić information content (AvgIpc) is 2.66. The van der Waals surface area contributed by atoms with E-state index in [1.807, 2.05) is 20.8 Å². The molecule has 0 saturated heterocycles. The largest absolute Gasteiger partial charge is 0.444 e. The number of ether oxygens (including phenoxy) is 2. The number of carbonyl (C=O) groups excluding carboxylic acids is 3. The lowest BCUT2D eigenvalue weighted by Gasteiger charge is -2.59. The summed E-state index contributed by atoms with van der Waals surface area (Å²) in [6.45, 7) is 11.8. The van der Waals surface area contributed by atoms with Crippen molar-refractivity contribution >= 4 is 17.9 Å². The summed E-state index contributed by atoms with van der Waals surface area (Å²) in [5.74, 6) is -0.369. The first-order valence-corrected chi connectivity index (χ1v) is 11.6. The van der Waals surface area contributed by atoms with E-state index in [0.717, 1.165) is 25.7 Å². The van der Waals surface area contributed by atoms with Gasteiger partial charge in [0, 0.05) is 37.5 Å². The van der Waals surface area contributed by atoms with Crippen LogP contribution < -0.4 is 16.0 Å². The Morgan fingerprint density at radius 1 is 1.06 bits per heavy atom. The van der Waals surface area contributed by atoms with Crippen LogP contribution in [0.1, 0.15) is 86.5 Å². The minimum atomic E-state index is -1.16. The fraction of sp³-hybridized carbons (Fsp3) is 0.870. The van der Waals surface area contributed by atoms with Crippen LogP contribution >= 0.6 is 0 Å². The van der Waals surface area contributed by atoms with Crippen molar-refractivity contribution < 1.29 is 23.9 Å². The first-order chi connectivity index (χ1) is 14.4.